The lowest BCUT2D eigenvalue weighted by Gasteiger charge is -2.37. The van der Waals surface area contributed by atoms with Crippen LogP contribution in [0.15, 0.2) is 18.2 Å². The molecule has 3 unspecified atom stereocenters. The van der Waals surface area contributed by atoms with E-state index in [1.807, 2.05) is 0 Å². The van der Waals surface area contributed by atoms with Crippen LogP contribution in [0.2, 0.25) is 0 Å². The van der Waals surface area contributed by atoms with Crippen LogP contribution in [0, 0.1) is 25.7 Å². The van der Waals surface area contributed by atoms with Crippen molar-refractivity contribution in [2.24, 2.45) is 11.8 Å². The van der Waals surface area contributed by atoms with E-state index in [4.69, 9.17) is 0 Å². The van der Waals surface area contributed by atoms with E-state index < -0.39 is 0 Å². The van der Waals surface area contributed by atoms with Crippen molar-refractivity contribution in [1.82, 2.24) is 5.32 Å². The fourth-order valence-electron chi connectivity index (χ4n) is 3.94. The van der Waals surface area contributed by atoms with Crippen molar-refractivity contribution < 1.29 is 0 Å². The molecule has 0 aliphatic heterocycles. The molecule has 0 heterocycles. The number of hydrogen-bond donors (Lipinski definition) is 1. The zero-order valence-corrected chi connectivity index (χ0v) is 14.0. The van der Waals surface area contributed by atoms with Gasteiger partial charge in [-0.15, -0.1) is 0 Å². The summed E-state index contributed by atoms with van der Waals surface area (Å²) in [5, 5.41) is 3.78. The smallest absolute Gasteiger partial charge is 0.00683 e. The zero-order chi connectivity index (χ0) is 14.8. The molecule has 2 saturated carbocycles. The number of benzene rings is 1. The summed E-state index contributed by atoms with van der Waals surface area (Å²) in [5.41, 5.74) is 4.48. The molecular formula is C20H31N. The van der Waals surface area contributed by atoms with Crippen LogP contribution in [-0.2, 0) is 0 Å². The van der Waals surface area contributed by atoms with Gasteiger partial charge in [-0.2, -0.15) is 0 Å². The Balaban J connectivity index is 1.75. The Morgan fingerprint density at radius 3 is 2.52 bits per heavy atom. The summed E-state index contributed by atoms with van der Waals surface area (Å²) in [7, 11) is 0. The molecule has 3 atom stereocenters. The Bertz CT molecular complexity index is 475. The minimum Gasteiger partial charge on any atom is -0.314 e. The molecule has 21 heavy (non-hydrogen) atoms. The summed E-state index contributed by atoms with van der Waals surface area (Å²) in [6.45, 7) is 8.08. The molecule has 2 aliphatic rings. The Kier molecular flexibility index (Phi) is 4.69. The highest BCUT2D eigenvalue weighted by atomic mass is 14.9. The van der Waals surface area contributed by atoms with Crippen molar-refractivity contribution in [3.05, 3.63) is 34.9 Å². The second-order valence-corrected chi connectivity index (χ2v) is 7.48. The second-order valence-electron chi connectivity index (χ2n) is 7.48. The van der Waals surface area contributed by atoms with Crippen molar-refractivity contribution >= 4 is 0 Å². The zero-order valence-electron chi connectivity index (χ0n) is 14.0. The maximum atomic E-state index is 3.78. The summed E-state index contributed by atoms with van der Waals surface area (Å²) in [5.74, 6) is 2.55. The molecule has 0 radical (unpaired) electrons. The molecule has 0 bridgehead atoms. The van der Waals surface area contributed by atoms with Crippen LogP contribution in [0.25, 0.3) is 0 Å². The predicted octanol–water partition coefficient (Wildman–Crippen LogP) is 4.97. The van der Waals surface area contributed by atoms with Crippen LogP contribution in [0.5, 0.6) is 0 Å². The van der Waals surface area contributed by atoms with Crippen molar-refractivity contribution in [1.29, 1.82) is 0 Å². The first-order chi connectivity index (χ1) is 10.2. The molecule has 1 aromatic rings. The molecule has 0 amide bonds. The van der Waals surface area contributed by atoms with Gasteiger partial charge in [0.05, 0.1) is 0 Å². The van der Waals surface area contributed by atoms with Gasteiger partial charge < -0.3 is 5.32 Å². The van der Waals surface area contributed by atoms with E-state index in [0.717, 1.165) is 23.8 Å². The molecule has 1 heteroatoms. The maximum absolute atomic E-state index is 3.78. The summed E-state index contributed by atoms with van der Waals surface area (Å²) < 4.78 is 0. The van der Waals surface area contributed by atoms with Gasteiger partial charge in [0.25, 0.3) is 0 Å². The van der Waals surface area contributed by atoms with E-state index in [0.29, 0.717) is 0 Å². The third-order valence-corrected chi connectivity index (χ3v) is 5.88. The number of hydrogen-bond acceptors (Lipinski definition) is 1. The third-order valence-electron chi connectivity index (χ3n) is 5.88. The fourth-order valence-corrected chi connectivity index (χ4v) is 3.94. The van der Waals surface area contributed by atoms with Gasteiger partial charge >= 0.3 is 0 Å². The lowest BCUT2D eigenvalue weighted by Crippen LogP contribution is -2.33. The van der Waals surface area contributed by atoms with E-state index in [1.165, 1.54) is 56.2 Å². The molecule has 2 aliphatic carbocycles. The quantitative estimate of drug-likeness (QED) is 0.806. The van der Waals surface area contributed by atoms with Crippen molar-refractivity contribution in [2.75, 3.05) is 6.54 Å². The predicted molar refractivity (Wildman–Crippen MR) is 90.8 cm³/mol. The topological polar surface area (TPSA) is 12.0 Å². The summed E-state index contributed by atoms with van der Waals surface area (Å²) in [6, 6.07) is 8.03. The van der Waals surface area contributed by atoms with Gasteiger partial charge in [0.2, 0.25) is 0 Å². The minimum atomic E-state index is 0.772. The van der Waals surface area contributed by atoms with Gasteiger partial charge in [-0.3, -0.25) is 0 Å². The van der Waals surface area contributed by atoms with Crippen LogP contribution in [0.1, 0.15) is 68.1 Å². The SMILES string of the molecule is CCC1CCC(CNC2CC2)C(c2ccc(C)c(C)c2)C1. The van der Waals surface area contributed by atoms with E-state index in [-0.39, 0.29) is 0 Å². The van der Waals surface area contributed by atoms with Crippen molar-refractivity contribution in [3.8, 4) is 0 Å². The van der Waals surface area contributed by atoms with Crippen LogP contribution >= 0.6 is 0 Å². The number of rotatable bonds is 5. The second kappa shape index (κ2) is 6.52. The Labute approximate surface area is 130 Å². The highest BCUT2D eigenvalue weighted by molar-refractivity contribution is 5.32. The monoisotopic (exact) mass is 285 g/mol. The van der Waals surface area contributed by atoms with Gasteiger partial charge in [-0.25, -0.2) is 0 Å². The van der Waals surface area contributed by atoms with Crippen LogP contribution in [0.4, 0.5) is 0 Å². The average molecular weight is 285 g/mol. The average Bonchev–Trinajstić information content (AvgIpc) is 3.32. The summed E-state index contributed by atoms with van der Waals surface area (Å²) in [6.07, 6.45) is 8.40. The van der Waals surface area contributed by atoms with E-state index in [9.17, 15) is 0 Å². The Hall–Kier alpha value is -0.820. The molecule has 0 aromatic heterocycles. The summed E-state index contributed by atoms with van der Waals surface area (Å²) >= 11 is 0. The largest absolute Gasteiger partial charge is 0.314 e. The molecule has 0 spiro atoms. The van der Waals surface area contributed by atoms with Gasteiger partial charge in [-0.1, -0.05) is 38.0 Å². The number of nitrogens with one attached hydrogen (secondary N) is 1. The molecule has 1 N–H and O–H groups in total. The highest BCUT2D eigenvalue weighted by Gasteiger charge is 2.32. The molecule has 0 saturated heterocycles. The maximum Gasteiger partial charge on any atom is 0.00683 e. The molecule has 116 valence electrons. The van der Waals surface area contributed by atoms with Gasteiger partial charge in [0.1, 0.15) is 0 Å². The van der Waals surface area contributed by atoms with Gasteiger partial charge in [0, 0.05) is 6.04 Å². The van der Waals surface area contributed by atoms with Gasteiger partial charge in [-0.05, 0) is 80.5 Å². The molecular weight excluding hydrogens is 254 g/mol. The lowest BCUT2D eigenvalue weighted by molar-refractivity contribution is 0.225. The molecule has 3 rings (SSSR count). The molecule has 1 aromatic carbocycles. The standard InChI is InChI=1S/C20H31N/c1-4-16-6-8-18(13-21-19-9-10-19)20(12-16)17-7-5-14(2)15(3)11-17/h5,7,11,16,18-21H,4,6,8-10,12-13H2,1-3H3. The van der Waals surface area contributed by atoms with Crippen LogP contribution < -0.4 is 5.32 Å². The van der Waals surface area contributed by atoms with Crippen molar-refractivity contribution in [3.63, 3.8) is 0 Å². The lowest BCUT2D eigenvalue weighted by atomic mass is 9.70. The normalized spacial score (nSPS) is 29.6. The summed E-state index contributed by atoms with van der Waals surface area (Å²) in [4.78, 5) is 0. The van der Waals surface area contributed by atoms with Crippen LogP contribution in [-0.4, -0.2) is 12.6 Å². The minimum absolute atomic E-state index is 0.772. The first kappa shape index (κ1) is 15.1. The first-order valence-electron chi connectivity index (χ1n) is 8.98. The third kappa shape index (κ3) is 3.69. The van der Waals surface area contributed by atoms with E-state index >= 15 is 0 Å². The first-order valence-corrected chi connectivity index (χ1v) is 8.98. The molecule has 2 fully saturated rings. The van der Waals surface area contributed by atoms with Gasteiger partial charge in [0.15, 0.2) is 0 Å². The highest BCUT2D eigenvalue weighted by Crippen LogP contribution is 2.42. The Morgan fingerprint density at radius 1 is 1.05 bits per heavy atom. The Morgan fingerprint density at radius 2 is 1.86 bits per heavy atom. The van der Waals surface area contributed by atoms with Crippen LogP contribution in [0.3, 0.4) is 0 Å². The van der Waals surface area contributed by atoms with E-state index in [1.54, 1.807) is 5.56 Å². The molecule has 1 nitrogen and oxygen atoms in total. The number of aryl methyl sites for hydroxylation is 2. The fraction of sp³-hybridized carbons (Fsp3) is 0.700. The van der Waals surface area contributed by atoms with Crippen molar-refractivity contribution in [2.45, 2.75) is 71.3 Å². The van der Waals surface area contributed by atoms with E-state index in [2.05, 4.69) is 44.3 Å².